The van der Waals surface area contributed by atoms with Gasteiger partial charge in [-0.25, -0.2) is 9.37 Å². The van der Waals surface area contributed by atoms with Gasteiger partial charge in [-0.1, -0.05) is 66.7 Å². The minimum absolute atomic E-state index is 0.426. The Bertz CT molecular complexity index is 379. The number of hydrogen-bond acceptors (Lipinski definition) is 3. The summed E-state index contributed by atoms with van der Waals surface area (Å²) < 4.78 is 5.66. The normalized spacial score (nSPS) is 25.1. The Kier molecular flexibility index (Phi) is 7.58. The molecule has 0 fully saturated rings. The summed E-state index contributed by atoms with van der Waals surface area (Å²) in [7, 11) is -0.0221. The minimum atomic E-state index is -1.38. The lowest BCUT2D eigenvalue weighted by molar-refractivity contribution is 0.466. The van der Waals surface area contributed by atoms with E-state index in [0.717, 1.165) is 6.42 Å². The molecule has 1 heterocycles. The van der Waals surface area contributed by atoms with Crippen LogP contribution in [0.4, 0.5) is 0 Å². The van der Waals surface area contributed by atoms with E-state index >= 15 is 0 Å². The SMILES string of the molecule is CCCC(Cl)(Cl)C(Cl)(CC)C(Cl)(Cl)P1N=PN=PN1. The van der Waals surface area contributed by atoms with Crippen molar-refractivity contribution in [1.29, 1.82) is 0 Å². The van der Waals surface area contributed by atoms with E-state index < -0.39 is 21.5 Å². The summed E-state index contributed by atoms with van der Waals surface area (Å²) in [5, 5.41) is 0. The molecule has 0 aromatic rings. The number of hydrogen-bond donors (Lipinski definition) is 1. The van der Waals surface area contributed by atoms with E-state index in [4.69, 9.17) is 58.0 Å². The molecule has 1 N–H and O–H groups in total. The second-order valence-electron chi connectivity index (χ2n) is 3.93. The van der Waals surface area contributed by atoms with Crippen molar-refractivity contribution >= 4 is 83.3 Å². The molecule has 2 atom stereocenters. The molecule has 0 amide bonds. The molecule has 11 heteroatoms. The predicted molar refractivity (Wildman–Crippen MR) is 91.4 cm³/mol. The van der Waals surface area contributed by atoms with Crippen LogP contribution >= 0.6 is 83.3 Å². The molecule has 1 rings (SSSR count). The van der Waals surface area contributed by atoms with Crippen molar-refractivity contribution in [3.8, 4) is 0 Å². The van der Waals surface area contributed by atoms with Crippen LogP contribution in [-0.4, -0.2) is 13.3 Å². The van der Waals surface area contributed by atoms with Gasteiger partial charge in [0.1, 0.15) is 26.0 Å². The minimum Gasteiger partial charge on any atom is -0.210 e. The van der Waals surface area contributed by atoms with Crippen LogP contribution in [-0.2, 0) is 0 Å². The maximum atomic E-state index is 6.67. The number of nitrogens with one attached hydrogen (secondary N) is 1. The summed E-state index contributed by atoms with van der Waals surface area (Å²) in [6.07, 6.45) is 1.70. The molecule has 1 aliphatic heterocycles. The van der Waals surface area contributed by atoms with Gasteiger partial charge in [-0.3, -0.25) is 0 Å². The quantitative estimate of drug-likeness (QED) is 0.350. The van der Waals surface area contributed by atoms with E-state index in [1.54, 1.807) is 0 Å². The highest BCUT2D eigenvalue weighted by Gasteiger charge is 2.63. The van der Waals surface area contributed by atoms with Crippen molar-refractivity contribution < 1.29 is 0 Å². The van der Waals surface area contributed by atoms with Crippen LogP contribution in [0.5, 0.6) is 0 Å². The Morgan fingerprint density at radius 2 is 1.79 bits per heavy atom. The van der Waals surface area contributed by atoms with Crippen LogP contribution < -0.4 is 4.86 Å². The topological polar surface area (TPSA) is 36.8 Å². The lowest BCUT2D eigenvalue weighted by atomic mass is 9.98. The molecule has 0 radical (unpaired) electrons. The van der Waals surface area contributed by atoms with Crippen LogP contribution in [0.2, 0.25) is 0 Å². The number of nitrogens with zero attached hydrogens (tertiary/aromatic N) is 2. The first-order valence-corrected chi connectivity index (χ1v) is 10.4. The van der Waals surface area contributed by atoms with E-state index in [0.29, 0.717) is 29.9 Å². The Labute approximate surface area is 143 Å². The fraction of sp³-hybridized carbons (Fsp3) is 1.00. The van der Waals surface area contributed by atoms with Gasteiger partial charge in [-0.05, 0) is 12.8 Å². The van der Waals surface area contributed by atoms with Crippen LogP contribution in [0, 0.1) is 0 Å². The third kappa shape index (κ3) is 3.87. The van der Waals surface area contributed by atoms with E-state index in [1.807, 2.05) is 13.8 Å². The van der Waals surface area contributed by atoms with E-state index in [2.05, 4.69) is 13.9 Å². The highest BCUT2D eigenvalue weighted by molar-refractivity contribution is 7.71. The van der Waals surface area contributed by atoms with Crippen LogP contribution in [0.3, 0.4) is 0 Å². The number of rotatable bonds is 6. The van der Waals surface area contributed by atoms with Crippen molar-refractivity contribution in [3.63, 3.8) is 0 Å². The summed E-state index contributed by atoms with van der Waals surface area (Å²) in [6.45, 7) is 3.84. The molecule has 0 bridgehead atoms. The maximum Gasteiger partial charge on any atom is 0.193 e. The first kappa shape index (κ1) is 19.1. The zero-order valence-corrected chi connectivity index (χ0v) is 16.7. The Balaban J connectivity index is 3.11. The second-order valence-corrected chi connectivity index (χ2v) is 11.8. The van der Waals surface area contributed by atoms with Crippen molar-refractivity contribution in [2.75, 3.05) is 0 Å². The molecule has 0 saturated carbocycles. The number of halogens is 5. The molecule has 1 aliphatic rings. The lowest BCUT2D eigenvalue weighted by Gasteiger charge is -2.46. The molecule has 0 aromatic carbocycles. The highest BCUT2D eigenvalue weighted by atomic mass is 35.5. The molecule has 0 saturated heterocycles. The van der Waals surface area contributed by atoms with Gasteiger partial charge in [0.15, 0.2) is 12.6 Å². The molecule has 19 heavy (non-hydrogen) atoms. The average molecular weight is 421 g/mol. The van der Waals surface area contributed by atoms with Gasteiger partial charge in [0.25, 0.3) is 0 Å². The van der Waals surface area contributed by atoms with Crippen molar-refractivity contribution in [2.24, 2.45) is 9.03 Å². The van der Waals surface area contributed by atoms with Gasteiger partial charge >= 0.3 is 0 Å². The molecule has 0 aromatic heterocycles. The fourth-order valence-corrected chi connectivity index (χ4v) is 9.08. The zero-order valence-electron chi connectivity index (χ0n) is 10.2. The smallest absolute Gasteiger partial charge is 0.193 e. The van der Waals surface area contributed by atoms with Gasteiger partial charge < -0.3 is 0 Å². The lowest BCUT2D eigenvalue weighted by Crippen LogP contribution is -2.53. The third-order valence-electron chi connectivity index (χ3n) is 2.73. The van der Waals surface area contributed by atoms with Crippen LogP contribution in [0.1, 0.15) is 33.1 Å². The van der Waals surface area contributed by atoms with E-state index in [-0.39, 0.29) is 0 Å². The van der Waals surface area contributed by atoms with Gasteiger partial charge in [0, 0.05) is 0 Å². The molecular weight excluding hydrogens is 408 g/mol. The van der Waals surface area contributed by atoms with Gasteiger partial charge in [-0.2, -0.15) is 4.52 Å². The van der Waals surface area contributed by atoms with Crippen LogP contribution in [0.15, 0.2) is 9.03 Å². The zero-order chi connectivity index (χ0) is 14.7. The van der Waals surface area contributed by atoms with E-state index in [9.17, 15) is 0 Å². The first-order valence-electron chi connectivity index (χ1n) is 5.54. The molecular formula is C8H13Cl5N3P3. The Morgan fingerprint density at radius 3 is 2.21 bits per heavy atom. The summed E-state index contributed by atoms with van der Waals surface area (Å²) >= 11 is 32.6. The number of alkyl halides is 5. The average Bonchev–Trinajstić information content (AvgIpc) is 2.38. The van der Waals surface area contributed by atoms with Gasteiger partial charge in [-0.15, -0.1) is 11.6 Å². The van der Waals surface area contributed by atoms with Gasteiger partial charge in [0.2, 0.25) is 0 Å². The Morgan fingerprint density at radius 1 is 1.16 bits per heavy atom. The van der Waals surface area contributed by atoms with Crippen LogP contribution in [0.25, 0.3) is 0 Å². The molecule has 0 aliphatic carbocycles. The molecule has 110 valence electrons. The second kappa shape index (κ2) is 7.54. The monoisotopic (exact) mass is 419 g/mol. The van der Waals surface area contributed by atoms with E-state index in [1.165, 1.54) is 0 Å². The third-order valence-corrected chi connectivity index (χ3v) is 10.5. The fourth-order valence-electron chi connectivity index (χ4n) is 1.65. The highest BCUT2D eigenvalue weighted by Crippen LogP contribution is 2.69. The summed E-state index contributed by atoms with van der Waals surface area (Å²) in [6, 6.07) is 0. The standard InChI is InChI=1S/C8H13Cl5N3P3/c1-3-5-7(10,11)6(9,4-2)8(12,13)19-15-17-14-18-16-19/h3-5H2,1-2H3,(H,14,15,16). The largest absolute Gasteiger partial charge is 0.210 e. The Hall–Kier alpha value is 2.04. The molecule has 2 unspecified atom stereocenters. The first-order chi connectivity index (χ1) is 8.73. The maximum absolute atomic E-state index is 6.67. The summed E-state index contributed by atoms with van der Waals surface area (Å²) in [5.41, 5.74) is 0. The van der Waals surface area contributed by atoms with Crippen molar-refractivity contribution in [2.45, 2.75) is 46.4 Å². The van der Waals surface area contributed by atoms with Crippen molar-refractivity contribution in [1.82, 2.24) is 4.86 Å². The predicted octanol–water partition coefficient (Wildman–Crippen LogP) is 7.48. The summed E-state index contributed by atoms with van der Waals surface area (Å²) in [5.74, 6) is 0. The summed E-state index contributed by atoms with van der Waals surface area (Å²) in [4.78, 5) is 1.84. The van der Waals surface area contributed by atoms with Crippen molar-refractivity contribution in [3.05, 3.63) is 0 Å². The molecule has 0 spiro atoms. The van der Waals surface area contributed by atoms with Gasteiger partial charge in [0.05, 0.1) is 0 Å². The molecule has 3 nitrogen and oxygen atoms in total.